The largest absolute Gasteiger partial charge is 0.480 e. The van der Waals surface area contributed by atoms with Gasteiger partial charge in [0.1, 0.15) is 6.10 Å². The molecule has 0 saturated carbocycles. The van der Waals surface area contributed by atoms with Crippen LogP contribution >= 0.6 is 0 Å². The molecule has 1 fully saturated rings. The van der Waals surface area contributed by atoms with Crippen LogP contribution in [0.2, 0.25) is 0 Å². The highest BCUT2D eigenvalue weighted by molar-refractivity contribution is 5.85. The fourth-order valence-electron chi connectivity index (χ4n) is 1.64. The van der Waals surface area contributed by atoms with Gasteiger partial charge in [0.05, 0.1) is 12.1 Å². The van der Waals surface area contributed by atoms with E-state index in [4.69, 9.17) is 9.84 Å². The molecule has 1 amide bonds. The Morgan fingerprint density at radius 2 is 1.93 bits per heavy atom. The maximum atomic E-state index is 11.1. The molecule has 1 saturated heterocycles. The Balaban J connectivity index is 2.64. The lowest BCUT2D eigenvalue weighted by Crippen LogP contribution is -2.67. The van der Waals surface area contributed by atoms with E-state index < -0.39 is 18.1 Å². The number of carboxylic acids is 1. The van der Waals surface area contributed by atoms with E-state index in [2.05, 4.69) is 0 Å². The van der Waals surface area contributed by atoms with Gasteiger partial charge < -0.3 is 14.7 Å². The third-order valence-corrected chi connectivity index (χ3v) is 2.23. The standard InChI is InChI=1S/C10H17NO4/c1-6(12)11-5-7(8(11)9(13)14)15-10(2,3)4/h7-8H,5H2,1-4H3,(H,13,14)/t7-,8-/m1/s1. The van der Waals surface area contributed by atoms with Gasteiger partial charge in [-0.05, 0) is 20.8 Å². The Kier molecular flexibility index (Phi) is 3.04. The third kappa shape index (κ3) is 2.68. The van der Waals surface area contributed by atoms with Gasteiger partial charge in [-0.2, -0.15) is 0 Å². The van der Waals surface area contributed by atoms with E-state index in [1.807, 2.05) is 20.8 Å². The number of rotatable bonds is 2. The fourth-order valence-corrected chi connectivity index (χ4v) is 1.64. The normalized spacial score (nSPS) is 26.0. The molecule has 0 radical (unpaired) electrons. The lowest BCUT2D eigenvalue weighted by Gasteiger charge is -2.46. The van der Waals surface area contributed by atoms with Crippen LogP contribution < -0.4 is 0 Å². The van der Waals surface area contributed by atoms with E-state index in [-0.39, 0.29) is 11.5 Å². The van der Waals surface area contributed by atoms with Crippen LogP contribution in [-0.2, 0) is 14.3 Å². The zero-order valence-corrected chi connectivity index (χ0v) is 9.48. The summed E-state index contributed by atoms with van der Waals surface area (Å²) in [5.74, 6) is -1.23. The van der Waals surface area contributed by atoms with Crippen molar-refractivity contribution >= 4 is 11.9 Å². The van der Waals surface area contributed by atoms with E-state index in [1.165, 1.54) is 11.8 Å². The Hall–Kier alpha value is -1.10. The summed E-state index contributed by atoms with van der Waals surface area (Å²) in [6, 6.07) is -0.832. The molecule has 0 aromatic rings. The number of aliphatic carboxylic acids is 1. The van der Waals surface area contributed by atoms with Crippen LogP contribution in [-0.4, -0.2) is 46.2 Å². The van der Waals surface area contributed by atoms with Crippen LogP contribution in [0, 0.1) is 0 Å². The molecule has 0 spiro atoms. The van der Waals surface area contributed by atoms with E-state index in [1.54, 1.807) is 0 Å². The highest BCUT2D eigenvalue weighted by Gasteiger charge is 2.47. The summed E-state index contributed by atoms with van der Waals surface area (Å²) in [6.07, 6.45) is -0.397. The molecule has 1 N–H and O–H groups in total. The summed E-state index contributed by atoms with van der Waals surface area (Å²) in [5.41, 5.74) is -0.388. The first-order valence-electron chi connectivity index (χ1n) is 4.90. The van der Waals surface area contributed by atoms with Gasteiger partial charge in [0.25, 0.3) is 0 Å². The molecule has 1 aliphatic heterocycles. The third-order valence-electron chi connectivity index (χ3n) is 2.23. The van der Waals surface area contributed by atoms with E-state index >= 15 is 0 Å². The molecular weight excluding hydrogens is 198 g/mol. The van der Waals surface area contributed by atoms with Crippen molar-refractivity contribution in [2.24, 2.45) is 0 Å². The molecule has 0 aromatic heterocycles. The summed E-state index contributed by atoms with van der Waals surface area (Å²) in [4.78, 5) is 23.3. The van der Waals surface area contributed by atoms with Crippen molar-refractivity contribution in [1.82, 2.24) is 4.90 Å². The molecule has 1 heterocycles. The maximum absolute atomic E-state index is 11.1. The Morgan fingerprint density at radius 1 is 1.40 bits per heavy atom. The summed E-state index contributed by atoms with van der Waals surface area (Å²) in [5, 5.41) is 8.95. The smallest absolute Gasteiger partial charge is 0.329 e. The first-order chi connectivity index (χ1) is 6.72. The lowest BCUT2D eigenvalue weighted by molar-refractivity contribution is -0.189. The maximum Gasteiger partial charge on any atom is 0.329 e. The molecule has 15 heavy (non-hydrogen) atoms. The second-order valence-electron chi connectivity index (χ2n) is 4.72. The lowest BCUT2D eigenvalue weighted by atomic mass is 9.98. The average Bonchev–Trinajstić information content (AvgIpc) is 1.92. The van der Waals surface area contributed by atoms with Gasteiger partial charge in [0.15, 0.2) is 6.04 Å². The molecule has 5 nitrogen and oxygen atoms in total. The number of carbonyl (C=O) groups excluding carboxylic acids is 1. The summed E-state index contributed by atoms with van der Waals surface area (Å²) < 4.78 is 5.55. The molecule has 2 atom stereocenters. The zero-order chi connectivity index (χ0) is 11.8. The fraction of sp³-hybridized carbons (Fsp3) is 0.800. The van der Waals surface area contributed by atoms with Crippen molar-refractivity contribution in [3.05, 3.63) is 0 Å². The van der Waals surface area contributed by atoms with Gasteiger partial charge in [-0.1, -0.05) is 0 Å². The summed E-state index contributed by atoms with van der Waals surface area (Å²) >= 11 is 0. The van der Waals surface area contributed by atoms with Crippen LogP contribution in [0.25, 0.3) is 0 Å². The number of nitrogens with zero attached hydrogens (tertiary/aromatic N) is 1. The second-order valence-corrected chi connectivity index (χ2v) is 4.72. The number of ether oxygens (including phenoxy) is 1. The Bertz CT molecular complexity index is 282. The van der Waals surface area contributed by atoms with Crippen molar-refractivity contribution in [3.8, 4) is 0 Å². The minimum absolute atomic E-state index is 0.226. The molecular formula is C10H17NO4. The minimum atomic E-state index is -1.01. The average molecular weight is 215 g/mol. The van der Waals surface area contributed by atoms with Crippen molar-refractivity contribution in [2.45, 2.75) is 45.4 Å². The van der Waals surface area contributed by atoms with Crippen LogP contribution in [0.3, 0.4) is 0 Å². The Morgan fingerprint density at radius 3 is 2.27 bits per heavy atom. The number of carboxylic acid groups (broad SMARTS) is 1. The predicted octanol–water partition coefficient (Wildman–Crippen LogP) is 0.485. The molecule has 0 aliphatic carbocycles. The quantitative estimate of drug-likeness (QED) is 0.727. The number of amides is 1. The van der Waals surface area contributed by atoms with E-state index in [9.17, 15) is 9.59 Å². The zero-order valence-electron chi connectivity index (χ0n) is 9.48. The van der Waals surface area contributed by atoms with Crippen LogP contribution in [0.4, 0.5) is 0 Å². The summed E-state index contributed by atoms with van der Waals surface area (Å²) in [6.45, 7) is 7.32. The topological polar surface area (TPSA) is 66.8 Å². The number of hydrogen-bond acceptors (Lipinski definition) is 3. The van der Waals surface area contributed by atoms with Crippen molar-refractivity contribution in [1.29, 1.82) is 0 Å². The molecule has 0 bridgehead atoms. The van der Waals surface area contributed by atoms with Crippen molar-refractivity contribution in [2.75, 3.05) is 6.54 Å². The highest BCUT2D eigenvalue weighted by Crippen LogP contribution is 2.26. The molecule has 0 aromatic carbocycles. The SMILES string of the molecule is CC(=O)N1C[C@@H](OC(C)(C)C)[C@@H]1C(=O)O. The first kappa shape index (κ1) is 12.0. The number of carbonyl (C=O) groups is 2. The molecule has 86 valence electrons. The van der Waals surface area contributed by atoms with Gasteiger partial charge in [0, 0.05) is 6.92 Å². The van der Waals surface area contributed by atoms with Gasteiger partial charge in [0.2, 0.25) is 5.91 Å². The predicted molar refractivity (Wildman–Crippen MR) is 53.4 cm³/mol. The van der Waals surface area contributed by atoms with E-state index in [0.29, 0.717) is 6.54 Å². The Labute approximate surface area is 89.0 Å². The van der Waals surface area contributed by atoms with Gasteiger partial charge in [-0.15, -0.1) is 0 Å². The first-order valence-corrected chi connectivity index (χ1v) is 4.90. The number of hydrogen-bond donors (Lipinski definition) is 1. The highest BCUT2D eigenvalue weighted by atomic mass is 16.5. The summed E-state index contributed by atoms with van der Waals surface area (Å²) in [7, 11) is 0. The number of likely N-dealkylation sites (tertiary alicyclic amines) is 1. The minimum Gasteiger partial charge on any atom is -0.480 e. The molecule has 0 unspecified atom stereocenters. The molecule has 1 aliphatic rings. The van der Waals surface area contributed by atoms with Crippen LogP contribution in [0.5, 0.6) is 0 Å². The molecule has 1 rings (SSSR count). The van der Waals surface area contributed by atoms with Gasteiger partial charge in [-0.25, -0.2) is 4.79 Å². The second kappa shape index (κ2) is 3.81. The molecule has 5 heteroatoms. The van der Waals surface area contributed by atoms with Crippen LogP contribution in [0.15, 0.2) is 0 Å². The van der Waals surface area contributed by atoms with E-state index in [0.717, 1.165) is 0 Å². The van der Waals surface area contributed by atoms with Crippen LogP contribution in [0.1, 0.15) is 27.7 Å². The van der Waals surface area contributed by atoms with Crippen molar-refractivity contribution < 1.29 is 19.4 Å². The monoisotopic (exact) mass is 215 g/mol. The van der Waals surface area contributed by atoms with Crippen molar-refractivity contribution in [3.63, 3.8) is 0 Å². The van der Waals surface area contributed by atoms with Gasteiger partial charge in [-0.3, -0.25) is 4.79 Å². The van der Waals surface area contributed by atoms with Gasteiger partial charge >= 0.3 is 5.97 Å².